The highest BCUT2D eigenvalue weighted by Gasteiger charge is 2.03. The zero-order chi connectivity index (χ0) is 15.0. The van der Waals surface area contributed by atoms with Crippen LogP contribution in [0.5, 0.6) is 0 Å². The van der Waals surface area contributed by atoms with Gasteiger partial charge in [-0.2, -0.15) is 0 Å². The molecule has 0 saturated carbocycles. The van der Waals surface area contributed by atoms with Crippen molar-refractivity contribution in [2.45, 2.75) is 33.6 Å². The molecule has 0 unspecified atom stereocenters. The van der Waals surface area contributed by atoms with Gasteiger partial charge in [0.15, 0.2) is 5.12 Å². The predicted octanol–water partition coefficient (Wildman–Crippen LogP) is 3.80. The number of carbonyl (C=O) groups is 2. The summed E-state index contributed by atoms with van der Waals surface area (Å²) < 4.78 is 0. The van der Waals surface area contributed by atoms with Gasteiger partial charge >= 0.3 is 0 Å². The number of nitrogens with one attached hydrogen (secondary N) is 1. The standard InChI is InChI=1S/C16H21NO2S/c1-4-20-16(19)10-7-13-5-8-14(9-6-13)17-15(18)11-12(2)3/h5-6,8-9,11H,4,7,10H2,1-3H3,(H,17,18). The monoisotopic (exact) mass is 291 g/mol. The quantitative estimate of drug-likeness (QED) is 0.811. The number of hydrogen-bond acceptors (Lipinski definition) is 3. The molecular weight excluding hydrogens is 270 g/mol. The van der Waals surface area contributed by atoms with E-state index in [0.717, 1.165) is 29.0 Å². The maximum atomic E-state index is 11.6. The third-order valence-electron chi connectivity index (χ3n) is 2.56. The SMILES string of the molecule is CCSC(=O)CCc1ccc(NC(=O)C=C(C)C)cc1. The Morgan fingerprint density at radius 1 is 1.20 bits per heavy atom. The van der Waals surface area contributed by atoms with Gasteiger partial charge < -0.3 is 5.32 Å². The highest BCUT2D eigenvalue weighted by atomic mass is 32.2. The van der Waals surface area contributed by atoms with E-state index in [9.17, 15) is 9.59 Å². The molecule has 0 aliphatic heterocycles. The summed E-state index contributed by atoms with van der Waals surface area (Å²) in [6.07, 6.45) is 2.87. The summed E-state index contributed by atoms with van der Waals surface area (Å²) in [6.45, 7) is 5.74. The van der Waals surface area contributed by atoms with Crippen LogP contribution in [-0.4, -0.2) is 16.8 Å². The molecule has 0 heterocycles. The van der Waals surface area contributed by atoms with Crippen LogP contribution in [0.25, 0.3) is 0 Å². The summed E-state index contributed by atoms with van der Waals surface area (Å²) in [5.41, 5.74) is 2.84. The molecule has 0 atom stereocenters. The maximum Gasteiger partial charge on any atom is 0.248 e. The Kier molecular flexibility index (Phi) is 7.09. The van der Waals surface area contributed by atoms with Crippen molar-refractivity contribution >= 4 is 28.5 Å². The molecular formula is C16H21NO2S. The van der Waals surface area contributed by atoms with E-state index in [1.165, 1.54) is 11.8 Å². The van der Waals surface area contributed by atoms with Gasteiger partial charge in [0, 0.05) is 18.2 Å². The molecule has 0 radical (unpaired) electrons. The van der Waals surface area contributed by atoms with Gasteiger partial charge in [0.05, 0.1) is 0 Å². The van der Waals surface area contributed by atoms with Crippen LogP contribution in [0.3, 0.4) is 0 Å². The Bertz CT molecular complexity index is 488. The second kappa shape index (κ2) is 8.59. The molecule has 1 N–H and O–H groups in total. The lowest BCUT2D eigenvalue weighted by molar-refractivity contribution is -0.112. The van der Waals surface area contributed by atoms with Crippen LogP contribution in [0, 0.1) is 0 Å². The molecule has 0 saturated heterocycles. The average Bonchev–Trinajstić information content (AvgIpc) is 2.37. The number of aryl methyl sites for hydroxylation is 1. The molecule has 1 rings (SSSR count). The summed E-state index contributed by atoms with van der Waals surface area (Å²) in [7, 11) is 0. The van der Waals surface area contributed by atoms with Gasteiger partial charge in [0.1, 0.15) is 0 Å². The van der Waals surface area contributed by atoms with Crippen molar-refractivity contribution in [2.24, 2.45) is 0 Å². The number of benzene rings is 1. The number of amides is 1. The lowest BCUT2D eigenvalue weighted by Gasteiger charge is -2.05. The number of thioether (sulfide) groups is 1. The van der Waals surface area contributed by atoms with Gasteiger partial charge in [-0.3, -0.25) is 9.59 Å². The van der Waals surface area contributed by atoms with E-state index < -0.39 is 0 Å². The van der Waals surface area contributed by atoms with E-state index in [-0.39, 0.29) is 11.0 Å². The summed E-state index contributed by atoms with van der Waals surface area (Å²) >= 11 is 1.37. The first-order chi connectivity index (χ1) is 9.51. The minimum atomic E-state index is -0.118. The molecule has 0 aliphatic rings. The molecule has 0 aliphatic carbocycles. The molecule has 20 heavy (non-hydrogen) atoms. The number of anilines is 1. The fraction of sp³-hybridized carbons (Fsp3) is 0.375. The molecule has 0 aromatic heterocycles. The summed E-state index contributed by atoms with van der Waals surface area (Å²) in [6, 6.07) is 7.62. The third kappa shape index (κ3) is 6.57. The number of rotatable bonds is 6. The van der Waals surface area contributed by atoms with Crippen LogP contribution in [0.15, 0.2) is 35.9 Å². The van der Waals surface area contributed by atoms with Crippen molar-refractivity contribution in [2.75, 3.05) is 11.1 Å². The zero-order valence-corrected chi connectivity index (χ0v) is 13.0. The second-order valence-electron chi connectivity index (χ2n) is 4.71. The fourth-order valence-corrected chi connectivity index (χ4v) is 2.24. The lowest BCUT2D eigenvalue weighted by Crippen LogP contribution is -2.08. The largest absolute Gasteiger partial charge is 0.323 e. The average molecular weight is 291 g/mol. The van der Waals surface area contributed by atoms with Crippen LogP contribution in [0.1, 0.15) is 32.8 Å². The third-order valence-corrected chi connectivity index (χ3v) is 3.38. The van der Waals surface area contributed by atoms with E-state index in [1.807, 2.05) is 45.0 Å². The predicted molar refractivity (Wildman–Crippen MR) is 86.0 cm³/mol. The van der Waals surface area contributed by atoms with Crippen LogP contribution in [0.4, 0.5) is 5.69 Å². The van der Waals surface area contributed by atoms with E-state index in [4.69, 9.17) is 0 Å². The Balaban J connectivity index is 2.50. The first-order valence-electron chi connectivity index (χ1n) is 6.71. The number of hydrogen-bond donors (Lipinski definition) is 1. The summed E-state index contributed by atoms with van der Waals surface area (Å²) in [4.78, 5) is 23.0. The summed E-state index contributed by atoms with van der Waals surface area (Å²) in [5.74, 6) is 0.709. The van der Waals surface area contributed by atoms with Crippen molar-refractivity contribution in [1.82, 2.24) is 0 Å². The summed E-state index contributed by atoms with van der Waals surface area (Å²) in [5, 5.41) is 3.03. The first-order valence-corrected chi connectivity index (χ1v) is 7.70. The molecule has 1 aromatic rings. The molecule has 0 bridgehead atoms. The van der Waals surface area contributed by atoms with E-state index in [1.54, 1.807) is 6.08 Å². The van der Waals surface area contributed by atoms with Gasteiger partial charge in [-0.1, -0.05) is 36.4 Å². The van der Waals surface area contributed by atoms with Crippen LogP contribution < -0.4 is 5.32 Å². The number of allylic oxidation sites excluding steroid dienone is 1. The first kappa shape index (κ1) is 16.5. The van der Waals surface area contributed by atoms with Crippen molar-refractivity contribution in [1.29, 1.82) is 0 Å². The maximum absolute atomic E-state index is 11.6. The molecule has 3 nitrogen and oxygen atoms in total. The normalized spacial score (nSPS) is 9.95. The van der Waals surface area contributed by atoms with E-state index in [0.29, 0.717) is 6.42 Å². The fourth-order valence-electron chi connectivity index (χ4n) is 1.67. The van der Waals surface area contributed by atoms with Crippen molar-refractivity contribution in [3.05, 3.63) is 41.5 Å². The van der Waals surface area contributed by atoms with E-state index >= 15 is 0 Å². The highest BCUT2D eigenvalue weighted by Crippen LogP contribution is 2.13. The minimum absolute atomic E-state index is 0.118. The Morgan fingerprint density at radius 3 is 2.40 bits per heavy atom. The molecule has 4 heteroatoms. The van der Waals surface area contributed by atoms with E-state index in [2.05, 4.69) is 5.32 Å². The Labute approximate surface area is 124 Å². The van der Waals surface area contributed by atoms with Crippen molar-refractivity contribution in [3.8, 4) is 0 Å². The smallest absolute Gasteiger partial charge is 0.248 e. The molecule has 1 amide bonds. The Morgan fingerprint density at radius 2 is 1.85 bits per heavy atom. The topological polar surface area (TPSA) is 46.2 Å². The van der Waals surface area contributed by atoms with Crippen molar-refractivity contribution in [3.63, 3.8) is 0 Å². The second-order valence-corrected chi connectivity index (χ2v) is 6.03. The molecule has 0 fully saturated rings. The molecule has 0 spiro atoms. The zero-order valence-electron chi connectivity index (χ0n) is 12.2. The van der Waals surface area contributed by atoms with Gasteiger partial charge in [0.25, 0.3) is 0 Å². The van der Waals surface area contributed by atoms with Gasteiger partial charge in [-0.25, -0.2) is 0 Å². The minimum Gasteiger partial charge on any atom is -0.323 e. The highest BCUT2D eigenvalue weighted by molar-refractivity contribution is 8.13. The van der Waals surface area contributed by atoms with Crippen molar-refractivity contribution < 1.29 is 9.59 Å². The van der Waals surface area contributed by atoms with Crippen LogP contribution in [-0.2, 0) is 16.0 Å². The van der Waals surface area contributed by atoms with Gasteiger partial charge in [0.2, 0.25) is 5.91 Å². The number of carbonyl (C=O) groups excluding carboxylic acids is 2. The van der Waals surface area contributed by atoms with Gasteiger partial charge in [-0.05, 0) is 43.7 Å². The molecule has 108 valence electrons. The lowest BCUT2D eigenvalue weighted by atomic mass is 10.1. The van der Waals surface area contributed by atoms with Crippen LogP contribution in [0.2, 0.25) is 0 Å². The molecule has 1 aromatic carbocycles. The van der Waals surface area contributed by atoms with Gasteiger partial charge in [-0.15, -0.1) is 0 Å². The Hall–Kier alpha value is -1.55. The van der Waals surface area contributed by atoms with Crippen LogP contribution >= 0.6 is 11.8 Å².